The van der Waals surface area contributed by atoms with Crippen LogP contribution in [0.25, 0.3) is 32.7 Å². The van der Waals surface area contributed by atoms with E-state index in [1.807, 2.05) is 12.1 Å². The van der Waals surface area contributed by atoms with Crippen molar-refractivity contribution in [3.05, 3.63) is 54.4 Å². The molecule has 0 atom stereocenters. The van der Waals surface area contributed by atoms with Gasteiger partial charge in [-0.3, -0.25) is 0 Å². The molecular weight excluding hydrogens is 375 g/mol. The van der Waals surface area contributed by atoms with E-state index < -0.39 is 11.7 Å². The Bertz CT molecular complexity index is 1140. The number of alkyl halides is 3. The Hall–Kier alpha value is -3.20. The van der Waals surface area contributed by atoms with Crippen LogP contribution in [0.4, 0.5) is 24.0 Å². The van der Waals surface area contributed by atoms with Gasteiger partial charge in [0.2, 0.25) is 0 Å². The van der Waals surface area contributed by atoms with E-state index in [1.54, 1.807) is 6.07 Å². The third-order valence-corrected chi connectivity index (χ3v) is 4.92. The number of fused-ring (bicyclic) bond motifs is 1. The minimum atomic E-state index is -4.38. The van der Waals surface area contributed by atoms with Crippen molar-refractivity contribution in [1.82, 2.24) is 15.0 Å². The summed E-state index contributed by atoms with van der Waals surface area (Å²) in [5.74, 6) is 0. The molecule has 0 saturated heterocycles. The van der Waals surface area contributed by atoms with E-state index >= 15 is 0 Å². The summed E-state index contributed by atoms with van der Waals surface area (Å²) in [7, 11) is 0. The predicted molar refractivity (Wildman–Crippen MR) is 99.9 cm³/mol. The molecule has 0 spiro atoms. The minimum absolute atomic E-state index is 0.419. The number of rotatable bonds is 2. The highest BCUT2D eigenvalue weighted by atomic mass is 32.1. The zero-order chi connectivity index (χ0) is 19.2. The number of benzene rings is 2. The summed E-state index contributed by atoms with van der Waals surface area (Å²) in [6, 6.07) is 10.1. The van der Waals surface area contributed by atoms with Crippen molar-refractivity contribution in [3.63, 3.8) is 0 Å². The molecule has 5 nitrogen and oxygen atoms in total. The molecular formula is C18H12F3N5S. The van der Waals surface area contributed by atoms with Gasteiger partial charge < -0.3 is 11.5 Å². The van der Waals surface area contributed by atoms with Gasteiger partial charge in [-0.05, 0) is 30.3 Å². The molecule has 4 rings (SSSR count). The molecule has 2 heterocycles. The Labute approximate surface area is 155 Å². The molecule has 2 aromatic heterocycles. The number of aromatic nitrogens is 3. The average molecular weight is 387 g/mol. The second-order valence-electron chi connectivity index (χ2n) is 5.79. The number of hydrogen-bond acceptors (Lipinski definition) is 6. The van der Waals surface area contributed by atoms with Gasteiger partial charge in [-0.2, -0.15) is 13.2 Å². The number of nitrogens with zero attached hydrogens (tertiary/aromatic N) is 3. The normalized spacial score (nSPS) is 11.8. The van der Waals surface area contributed by atoms with Crippen molar-refractivity contribution >= 4 is 32.4 Å². The summed E-state index contributed by atoms with van der Waals surface area (Å²) in [5.41, 5.74) is 14.5. The van der Waals surface area contributed by atoms with Gasteiger partial charge in [-0.25, -0.2) is 15.0 Å². The molecule has 27 heavy (non-hydrogen) atoms. The van der Waals surface area contributed by atoms with Gasteiger partial charge in [0.1, 0.15) is 11.8 Å². The summed E-state index contributed by atoms with van der Waals surface area (Å²) in [5, 5.41) is 0.419. The Morgan fingerprint density at radius 2 is 1.59 bits per heavy atom. The van der Waals surface area contributed by atoms with Crippen LogP contribution in [0.5, 0.6) is 0 Å². The highest BCUT2D eigenvalue weighted by molar-refractivity contribution is 7.22. The number of nitrogen functional groups attached to an aromatic ring is 2. The Balaban J connectivity index is 1.76. The Kier molecular flexibility index (Phi) is 3.96. The SMILES string of the molecule is Nc1nc2c(N)c(-c3cc(-c4ccc(C(F)(F)F)cc4)ncn3)ccc2s1. The first-order chi connectivity index (χ1) is 12.8. The summed E-state index contributed by atoms with van der Waals surface area (Å²) in [4.78, 5) is 12.6. The van der Waals surface area contributed by atoms with Crippen LogP contribution in [-0.4, -0.2) is 15.0 Å². The fourth-order valence-corrected chi connectivity index (χ4v) is 3.50. The maximum Gasteiger partial charge on any atom is 0.416 e. The molecule has 0 aliphatic rings. The van der Waals surface area contributed by atoms with Gasteiger partial charge in [-0.1, -0.05) is 23.5 Å². The number of thiazole rings is 1. The molecule has 0 aliphatic heterocycles. The van der Waals surface area contributed by atoms with Crippen LogP contribution < -0.4 is 11.5 Å². The summed E-state index contributed by atoms with van der Waals surface area (Å²) in [6.45, 7) is 0. The zero-order valence-corrected chi connectivity index (χ0v) is 14.5. The van der Waals surface area contributed by atoms with E-state index in [9.17, 15) is 13.2 Å². The quantitative estimate of drug-likeness (QED) is 0.491. The molecule has 0 radical (unpaired) electrons. The molecule has 0 amide bonds. The molecule has 0 saturated carbocycles. The lowest BCUT2D eigenvalue weighted by Gasteiger charge is -2.09. The van der Waals surface area contributed by atoms with E-state index in [2.05, 4.69) is 15.0 Å². The van der Waals surface area contributed by atoms with Crippen molar-refractivity contribution in [3.8, 4) is 22.5 Å². The van der Waals surface area contributed by atoms with E-state index in [-0.39, 0.29) is 0 Å². The van der Waals surface area contributed by atoms with E-state index in [0.29, 0.717) is 38.9 Å². The fourth-order valence-electron chi connectivity index (χ4n) is 2.75. The van der Waals surface area contributed by atoms with Gasteiger partial charge in [0.05, 0.1) is 27.3 Å². The highest BCUT2D eigenvalue weighted by Crippen LogP contribution is 2.36. The monoisotopic (exact) mass is 387 g/mol. The van der Waals surface area contributed by atoms with Gasteiger partial charge in [-0.15, -0.1) is 0 Å². The molecule has 4 N–H and O–H groups in total. The summed E-state index contributed by atoms with van der Waals surface area (Å²) >= 11 is 1.34. The van der Waals surface area contributed by atoms with Crippen LogP contribution in [0.2, 0.25) is 0 Å². The van der Waals surface area contributed by atoms with Gasteiger partial charge in [0, 0.05) is 11.1 Å². The first kappa shape index (κ1) is 17.2. The zero-order valence-electron chi connectivity index (χ0n) is 13.7. The van der Waals surface area contributed by atoms with Crippen LogP contribution in [0.15, 0.2) is 48.8 Å². The fraction of sp³-hybridized carbons (Fsp3) is 0.0556. The lowest BCUT2D eigenvalue weighted by molar-refractivity contribution is -0.137. The van der Waals surface area contributed by atoms with Gasteiger partial charge >= 0.3 is 6.18 Å². The lowest BCUT2D eigenvalue weighted by atomic mass is 10.0. The molecule has 0 aliphatic carbocycles. The molecule has 2 aromatic carbocycles. The standard InChI is InChI=1S/C18H12F3N5S/c19-18(20,21)10-3-1-9(2-4-10)12-7-13(25-8-24-12)11-5-6-14-16(15(11)22)26-17(23)27-14/h1-8H,22H2,(H2,23,26). The molecule has 0 bridgehead atoms. The third-order valence-electron chi connectivity index (χ3n) is 4.07. The molecule has 9 heteroatoms. The van der Waals surface area contributed by atoms with Crippen molar-refractivity contribution in [2.24, 2.45) is 0 Å². The van der Waals surface area contributed by atoms with E-state index in [1.165, 1.54) is 29.8 Å². The summed E-state index contributed by atoms with van der Waals surface area (Å²) < 4.78 is 39.0. The first-order valence-electron chi connectivity index (χ1n) is 7.77. The van der Waals surface area contributed by atoms with Crippen molar-refractivity contribution in [2.75, 3.05) is 11.5 Å². The maximum absolute atomic E-state index is 12.7. The van der Waals surface area contributed by atoms with Crippen LogP contribution in [0, 0.1) is 0 Å². The smallest absolute Gasteiger partial charge is 0.396 e. The Morgan fingerprint density at radius 3 is 2.30 bits per heavy atom. The number of nitrogens with two attached hydrogens (primary N) is 2. The van der Waals surface area contributed by atoms with Crippen LogP contribution in [0.1, 0.15) is 5.56 Å². The predicted octanol–water partition coefficient (Wildman–Crippen LogP) is 4.60. The molecule has 4 aromatic rings. The van der Waals surface area contributed by atoms with Crippen molar-refractivity contribution in [1.29, 1.82) is 0 Å². The van der Waals surface area contributed by atoms with Crippen molar-refractivity contribution < 1.29 is 13.2 Å². The first-order valence-corrected chi connectivity index (χ1v) is 8.59. The highest BCUT2D eigenvalue weighted by Gasteiger charge is 2.30. The average Bonchev–Trinajstić information content (AvgIpc) is 3.03. The topological polar surface area (TPSA) is 90.7 Å². The molecule has 136 valence electrons. The van der Waals surface area contributed by atoms with Gasteiger partial charge in [0.25, 0.3) is 0 Å². The Morgan fingerprint density at radius 1 is 0.889 bits per heavy atom. The maximum atomic E-state index is 12.7. The number of anilines is 2. The number of hydrogen-bond donors (Lipinski definition) is 2. The van der Waals surface area contributed by atoms with E-state index in [4.69, 9.17) is 11.5 Å². The second-order valence-corrected chi connectivity index (χ2v) is 6.85. The second kappa shape index (κ2) is 6.20. The lowest BCUT2D eigenvalue weighted by Crippen LogP contribution is -2.04. The third kappa shape index (κ3) is 3.17. The molecule has 0 unspecified atom stereocenters. The van der Waals surface area contributed by atoms with E-state index in [0.717, 1.165) is 16.8 Å². The van der Waals surface area contributed by atoms with Gasteiger partial charge in [0.15, 0.2) is 5.13 Å². The molecule has 0 fully saturated rings. The van der Waals surface area contributed by atoms with Crippen molar-refractivity contribution in [2.45, 2.75) is 6.18 Å². The van der Waals surface area contributed by atoms with Crippen LogP contribution >= 0.6 is 11.3 Å². The summed E-state index contributed by atoms with van der Waals surface area (Å²) in [6.07, 6.45) is -3.03. The van der Waals surface area contributed by atoms with Crippen LogP contribution in [0.3, 0.4) is 0 Å². The van der Waals surface area contributed by atoms with Crippen LogP contribution in [-0.2, 0) is 6.18 Å². The largest absolute Gasteiger partial charge is 0.416 e. The minimum Gasteiger partial charge on any atom is -0.396 e. The number of halogens is 3.